The molecule has 1 aromatic rings. The van der Waals surface area contributed by atoms with Crippen molar-refractivity contribution in [3.05, 3.63) is 29.6 Å². The molecule has 20 heavy (non-hydrogen) atoms. The number of carbonyl (C=O) groups is 2. The lowest BCUT2D eigenvalue weighted by Crippen LogP contribution is -2.26. The van der Waals surface area contributed by atoms with Gasteiger partial charge >= 0.3 is 0 Å². The minimum Gasteiger partial charge on any atom is -0.326 e. The van der Waals surface area contributed by atoms with Gasteiger partial charge in [0.2, 0.25) is 5.91 Å². The summed E-state index contributed by atoms with van der Waals surface area (Å²) in [5.41, 5.74) is 6.48. The van der Waals surface area contributed by atoms with E-state index < -0.39 is 0 Å². The van der Waals surface area contributed by atoms with E-state index in [0.717, 1.165) is 0 Å². The lowest BCUT2D eigenvalue weighted by molar-refractivity contribution is -0.117. The highest BCUT2D eigenvalue weighted by Crippen LogP contribution is 2.30. The smallest absolute Gasteiger partial charge is 0.227 e. The van der Waals surface area contributed by atoms with Gasteiger partial charge in [0, 0.05) is 37.8 Å². The Bertz CT molecular complexity index is 536. The predicted molar refractivity (Wildman–Crippen MR) is 77.9 cm³/mol. The van der Waals surface area contributed by atoms with E-state index in [0.29, 0.717) is 30.0 Å². The van der Waals surface area contributed by atoms with Crippen LogP contribution in [-0.2, 0) is 16.1 Å². The van der Waals surface area contributed by atoms with Crippen LogP contribution in [0.4, 0.5) is 10.1 Å². The van der Waals surface area contributed by atoms with Gasteiger partial charge in [-0.05, 0) is 18.1 Å². The lowest BCUT2D eigenvalue weighted by Gasteiger charge is -2.20. The summed E-state index contributed by atoms with van der Waals surface area (Å²) in [4.78, 5) is 24.6. The number of nitrogens with two attached hydrogens (primary N) is 1. The van der Waals surface area contributed by atoms with Crippen molar-refractivity contribution in [1.82, 2.24) is 0 Å². The highest BCUT2D eigenvalue weighted by Gasteiger charge is 2.32. The number of nitrogens with zero attached hydrogens (tertiary/aromatic N) is 1. The van der Waals surface area contributed by atoms with Crippen molar-refractivity contribution in [2.45, 2.75) is 19.9 Å². The van der Waals surface area contributed by atoms with Gasteiger partial charge in [0.05, 0.1) is 5.69 Å². The fraction of sp³-hybridized carbons (Fsp3) is 0.429. The molecule has 0 spiro atoms. The summed E-state index contributed by atoms with van der Waals surface area (Å²) in [6, 6.07) is 4.63. The second-order valence-electron chi connectivity index (χ2n) is 4.82. The molecule has 1 aromatic carbocycles. The van der Waals surface area contributed by atoms with Crippen LogP contribution in [0.5, 0.6) is 0 Å². The average Bonchev–Trinajstić information content (AvgIpc) is 2.77. The second-order valence-corrected chi connectivity index (χ2v) is 6.02. The van der Waals surface area contributed by atoms with Gasteiger partial charge in [0.15, 0.2) is 5.12 Å². The van der Waals surface area contributed by atoms with Gasteiger partial charge in [-0.3, -0.25) is 9.59 Å². The number of hydrogen-bond acceptors (Lipinski definition) is 4. The molecule has 1 atom stereocenters. The fourth-order valence-electron chi connectivity index (χ4n) is 2.36. The van der Waals surface area contributed by atoms with Crippen molar-refractivity contribution in [3.8, 4) is 0 Å². The maximum Gasteiger partial charge on any atom is 0.227 e. The number of halogens is 1. The molecule has 1 aliphatic heterocycles. The van der Waals surface area contributed by atoms with E-state index in [1.54, 1.807) is 17.0 Å². The van der Waals surface area contributed by atoms with E-state index >= 15 is 0 Å². The molecule has 2 rings (SSSR count). The van der Waals surface area contributed by atoms with Gasteiger partial charge in [-0.1, -0.05) is 17.8 Å². The zero-order valence-corrected chi connectivity index (χ0v) is 12.1. The Hall–Kier alpha value is -1.40. The first kappa shape index (κ1) is 15.0. The highest BCUT2D eigenvalue weighted by atomic mass is 32.2. The van der Waals surface area contributed by atoms with Crippen LogP contribution in [0.1, 0.15) is 18.9 Å². The number of thioether (sulfide) groups is 1. The van der Waals surface area contributed by atoms with Gasteiger partial charge in [-0.15, -0.1) is 0 Å². The van der Waals surface area contributed by atoms with E-state index in [9.17, 15) is 14.0 Å². The maximum absolute atomic E-state index is 13.7. The van der Waals surface area contributed by atoms with Crippen LogP contribution in [-0.4, -0.2) is 23.3 Å². The summed E-state index contributed by atoms with van der Waals surface area (Å²) < 4.78 is 13.7. The number of benzene rings is 1. The molecule has 0 aromatic heterocycles. The van der Waals surface area contributed by atoms with E-state index in [4.69, 9.17) is 5.73 Å². The summed E-state index contributed by atoms with van der Waals surface area (Å²) >= 11 is 1.22. The van der Waals surface area contributed by atoms with E-state index in [-0.39, 0.29) is 29.3 Å². The Morgan fingerprint density at radius 1 is 1.55 bits per heavy atom. The minimum atomic E-state index is -0.389. The maximum atomic E-state index is 13.7. The van der Waals surface area contributed by atoms with Gasteiger partial charge in [0.25, 0.3) is 0 Å². The van der Waals surface area contributed by atoms with Crippen molar-refractivity contribution < 1.29 is 14.0 Å². The monoisotopic (exact) mass is 296 g/mol. The van der Waals surface area contributed by atoms with Crippen LogP contribution < -0.4 is 10.6 Å². The number of hydrogen-bond donors (Lipinski definition) is 1. The number of carbonyl (C=O) groups excluding carboxylic acids is 2. The SMILES string of the molecule is CC(=O)SCC1CC(=O)N(c2cccc(F)c2CN)C1. The van der Waals surface area contributed by atoms with Crippen molar-refractivity contribution in [3.63, 3.8) is 0 Å². The summed E-state index contributed by atoms with van der Waals surface area (Å²) in [5.74, 6) is 0.300. The average molecular weight is 296 g/mol. The molecular weight excluding hydrogens is 279 g/mol. The van der Waals surface area contributed by atoms with Crippen molar-refractivity contribution in [2.75, 3.05) is 17.2 Å². The first-order valence-corrected chi connectivity index (χ1v) is 7.42. The second kappa shape index (κ2) is 6.37. The third-order valence-electron chi connectivity index (χ3n) is 3.32. The van der Waals surface area contributed by atoms with Crippen LogP contribution in [0.3, 0.4) is 0 Å². The summed E-state index contributed by atoms with van der Waals surface area (Å²) in [5, 5.41) is 0.0456. The Balaban J connectivity index is 2.16. The zero-order valence-electron chi connectivity index (χ0n) is 11.3. The van der Waals surface area contributed by atoms with Crippen LogP contribution in [0.15, 0.2) is 18.2 Å². The molecule has 1 heterocycles. The minimum absolute atomic E-state index is 0.0422. The standard InChI is InChI=1S/C14H17FN2O2S/c1-9(18)20-8-10-5-14(19)17(7-10)13-4-2-3-12(15)11(13)6-16/h2-4,10H,5-8,16H2,1H3. The number of anilines is 1. The Morgan fingerprint density at radius 3 is 2.95 bits per heavy atom. The molecule has 1 fully saturated rings. The molecule has 2 N–H and O–H groups in total. The highest BCUT2D eigenvalue weighted by molar-refractivity contribution is 8.13. The van der Waals surface area contributed by atoms with Gasteiger partial charge in [-0.25, -0.2) is 4.39 Å². The molecule has 0 bridgehead atoms. The van der Waals surface area contributed by atoms with E-state index in [2.05, 4.69) is 0 Å². The molecule has 108 valence electrons. The third kappa shape index (κ3) is 3.19. The molecule has 1 saturated heterocycles. The van der Waals surface area contributed by atoms with Crippen LogP contribution in [0, 0.1) is 11.7 Å². The molecule has 1 amide bonds. The van der Waals surface area contributed by atoms with Crippen LogP contribution >= 0.6 is 11.8 Å². The first-order chi connectivity index (χ1) is 9.52. The number of amides is 1. The van der Waals surface area contributed by atoms with Crippen LogP contribution in [0.25, 0.3) is 0 Å². The molecule has 4 nitrogen and oxygen atoms in total. The van der Waals surface area contributed by atoms with Gasteiger partial charge in [-0.2, -0.15) is 0 Å². The van der Waals surface area contributed by atoms with Crippen LogP contribution in [0.2, 0.25) is 0 Å². The summed E-state index contributed by atoms with van der Waals surface area (Å²) in [6.45, 7) is 2.08. The molecule has 0 saturated carbocycles. The van der Waals surface area contributed by atoms with E-state index in [1.165, 1.54) is 24.8 Å². The molecule has 0 radical (unpaired) electrons. The molecule has 1 aliphatic rings. The zero-order chi connectivity index (χ0) is 14.7. The van der Waals surface area contributed by atoms with Gasteiger partial charge in [0.1, 0.15) is 5.82 Å². The Morgan fingerprint density at radius 2 is 2.30 bits per heavy atom. The first-order valence-electron chi connectivity index (χ1n) is 6.44. The number of rotatable bonds is 4. The Kier molecular flexibility index (Phi) is 4.77. The topological polar surface area (TPSA) is 63.4 Å². The third-order valence-corrected chi connectivity index (χ3v) is 4.36. The molecule has 6 heteroatoms. The summed E-state index contributed by atoms with van der Waals surface area (Å²) in [6.07, 6.45) is 0.390. The predicted octanol–water partition coefficient (Wildman–Crippen LogP) is 1.92. The lowest BCUT2D eigenvalue weighted by atomic mass is 10.1. The normalized spacial score (nSPS) is 18.6. The molecule has 1 unspecified atom stereocenters. The fourth-order valence-corrected chi connectivity index (χ4v) is 3.06. The van der Waals surface area contributed by atoms with Crippen molar-refractivity contribution in [1.29, 1.82) is 0 Å². The largest absolute Gasteiger partial charge is 0.326 e. The Labute approximate surface area is 121 Å². The quantitative estimate of drug-likeness (QED) is 0.922. The van der Waals surface area contributed by atoms with E-state index in [1.807, 2.05) is 0 Å². The van der Waals surface area contributed by atoms with Crippen molar-refractivity contribution in [2.24, 2.45) is 11.7 Å². The molecular formula is C14H17FN2O2S. The van der Waals surface area contributed by atoms with Crippen molar-refractivity contribution >= 4 is 28.5 Å². The summed E-state index contributed by atoms with van der Waals surface area (Å²) in [7, 11) is 0. The molecule has 0 aliphatic carbocycles. The van der Waals surface area contributed by atoms with Gasteiger partial charge < -0.3 is 10.6 Å².